The van der Waals surface area contributed by atoms with E-state index in [2.05, 4.69) is 21.2 Å². The number of nitrogens with zero attached hydrogens (tertiary/aromatic N) is 1. The number of rotatable bonds is 10. The Kier molecular flexibility index (Phi) is 10.7. The van der Waals surface area contributed by atoms with Crippen LogP contribution in [0, 0.1) is 5.92 Å². The maximum Gasteiger partial charge on any atom is 0.242 e. The number of carbonyl (C=O) groups is 2. The largest absolute Gasteiger partial charge is 0.354 e. The van der Waals surface area contributed by atoms with Crippen molar-refractivity contribution in [2.75, 3.05) is 12.3 Å². The molecule has 0 aliphatic rings. The highest BCUT2D eigenvalue weighted by Gasteiger charge is 2.26. The quantitative estimate of drug-likeness (QED) is 0.388. The van der Waals surface area contributed by atoms with Crippen LogP contribution in [0.2, 0.25) is 10.0 Å². The van der Waals surface area contributed by atoms with E-state index in [1.807, 2.05) is 44.2 Å². The smallest absolute Gasteiger partial charge is 0.242 e. The fraction of sp³-hybridized carbons (Fsp3) is 0.391. The summed E-state index contributed by atoms with van der Waals surface area (Å²) in [7, 11) is 0. The van der Waals surface area contributed by atoms with Crippen molar-refractivity contribution in [1.29, 1.82) is 0 Å². The number of hydrogen-bond acceptors (Lipinski definition) is 3. The second kappa shape index (κ2) is 12.7. The van der Waals surface area contributed by atoms with E-state index in [1.54, 1.807) is 24.0 Å². The van der Waals surface area contributed by atoms with Crippen molar-refractivity contribution < 1.29 is 9.59 Å². The number of halogens is 3. The molecule has 31 heavy (non-hydrogen) atoms. The Morgan fingerprint density at radius 1 is 1.10 bits per heavy atom. The fourth-order valence-corrected chi connectivity index (χ4v) is 4.52. The summed E-state index contributed by atoms with van der Waals surface area (Å²) in [5.74, 6) is 0.931. The van der Waals surface area contributed by atoms with Gasteiger partial charge in [0.1, 0.15) is 6.04 Å². The van der Waals surface area contributed by atoms with E-state index in [0.29, 0.717) is 34.8 Å². The van der Waals surface area contributed by atoms with Gasteiger partial charge in [0, 0.05) is 33.4 Å². The fourth-order valence-electron chi connectivity index (χ4n) is 2.79. The van der Waals surface area contributed by atoms with E-state index in [9.17, 15) is 9.59 Å². The van der Waals surface area contributed by atoms with Crippen LogP contribution in [0.1, 0.15) is 31.9 Å². The van der Waals surface area contributed by atoms with Crippen LogP contribution in [0.15, 0.2) is 46.9 Å². The summed E-state index contributed by atoms with van der Waals surface area (Å²) in [6, 6.07) is 12.5. The number of hydrogen-bond donors (Lipinski definition) is 1. The summed E-state index contributed by atoms with van der Waals surface area (Å²) < 4.78 is 0.965. The molecule has 2 rings (SSSR count). The average molecular weight is 546 g/mol. The van der Waals surface area contributed by atoms with Crippen molar-refractivity contribution in [3.63, 3.8) is 0 Å². The average Bonchev–Trinajstić information content (AvgIpc) is 2.72. The summed E-state index contributed by atoms with van der Waals surface area (Å²) in [5, 5.41) is 4.09. The Balaban J connectivity index is 2.07. The zero-order valence-electron chi connectivity index (χ0n) is 17.8. The van der Waals surface area contributed by atoms with E-state index in [0.717, 1.165) is 15.6 Å². The SMILES string of the molecule is CC(C)CNC(=O)[C@@H](C)N(Cc1ccc(Br)cc1)C(=O)CSCc1ccc(Cl)cc1Cl. The first-order valence-electron chi connectivity index (χ1n) is 10.0. The maximum atomic E-state index is 13.1. The lowest BCUT2D eigenvalue weighted by atomic mass is 10.1. The highest BCUT2D eigenvalue weighted by molar-refractivity contribution is 9.10. The third-order valence-corrected chi connectivity index (χ3v) is 6.70. The summed E-state index contributed by atoms with van der Waals surface area (Å²) in [4.78, 5) is 27.4. The Bertz CT molecular complexity index is 894. The predicted octanol–water partition coefficient (Wildman–Crippen LogP) is 6.18. The highest BCUT2D eigenvalue weighted by atomic mass is 79.9. The van der Waals surface area contributed by atoms with Gasteiger partial charge in [-0.1, -0.05) is 71.2 Å². The van der Waals surface area contributed by atoms with Crippen LogP contribution in [0.5, 0.6) is 0 Å². The second-order valence-electron chi connectivity index (χ2n) is 7.69. The van der Waals surface area contributed by atoms with E-state index in [4.69, 9.17) is 23.2 Å². The summed E-state index contributed by atoms with van der Waals surface area (Å²) in [6.07, 6.45) is 0. The monoisotopic (exact) mass is 544 g/mol. The molecule has 1 atom stereocenters. The van der Waals surface area contributed by atoms with Crippen molar-refractivity contribution in [2.24, 2.45) is 5.92 Å². The first-order chi connectivity index (χ1) is 14.7. The Hall–Kier alpha value is -1.21. The van der Waals surface area contributed by atoms with Gasteiger partial charge in [0.25, 0.3) is 0 Å². The van der Waals surface area contributed by atoms with Crippen LogP contribution in [-0.2, 0) is 21.9 Å². The Morgan fingerprint density at radius 2 is 1.77 bits per heavy atom. The maximum absolute atomic E-state index is 13.1. The molecule has 168 valence electrons. The lowest BCUT2D eigenvalue weighted by molar-refractivity contribution is -0.138. The molecule has 0 unspecified atom stereocenters. The van der Waals surface area contributed by atoms with Crippen LogP contribution in [0.4, 0.5) is 0 Å². The van der Waals surface area contributed by atoms with Crippen molar-refractivity contribution in [1.82, 2.24) is 10.2 Å². The van der Waals surface area contributed by atoms with Crippen LogP contribution in [0.25, 0.3) is 0 Å². The molecule has 0 heterocycles. The summed E-state index contributed by atoms with van der Waals surface area (Å²) >= 11 is 17.1. The lowest BCUT2D eigenvalue weighted by Crippen LogP contribution is -2.48. The molecule has 2 amide bonds. The van der Waals surface area contributed by atoms with Crippen molar-refractivity contribution in [3.8, 4) is 0 Å². The van der Waals surface area contributed by atoms with Gasteiger partial charge < -0.3 is 10.2 Å². The third-order valence-electron chi connectivity index (χ3n) is 4.62. The molecule has 0 aliphatic carbocycles. The lowest BCUT2D eigenvalue weighted by Gasteiger charge is -2.29. The number of nitrogens with one attached hydrogen (secondary N) is 1. The van der Waals surface area contributed by atoms with Crippen LogP contribution in [-0.4, -0.2) is 35.1 Å². The van der Waals surface area contributed by atoms with E-state index in [1.165, 1.54) is 11.8 Å². The first-order valence-corrected chi connectivity index (χ1v) is 12.7. The molecule has 4 nitrogen and oxygen atoms in total. The molecule has 0 radical (unpaired) electrons. The van der Waals surface area contributed by atoms with Gasteiger partial charge in [0.15, 0.2) is 0 Å². The van der Waals surface area contributed by atoms with Gasteiger partial charge in [-0.3, -0.25) is 9.59 Å². The highest BCUT2D eigenvalue weighted by Crippen LogP contribution is 2.25. The topological polar surface area (TPSA) is 49.4 Å². The molecule has 2 aromatic rings. The van der Waals surface area contributed by atoms with Gasteiger partial charge in [0.2, 0.25) is 11.8 Å². The molecule has 0 spiro atoms. The molecule has 0 bridgehead atoms. The van der Waals surface area contributed by atoms with Gasteiger partial charge in [-0.05, 0) is 48.2 Å². The van der Waals surface area contributed by atoms with Crippen molar-refractivity contribution >= 4 is 62.7 Å². The minimum atomic E-state index is -0.574. The molecule has 0 fully saturated rings. The zero-order valence-corrected chi connectivity index (χ0v) is 21.7. The van der Waals surface area contributed by atoms with E-state index in [-0.39, 0.29) is 17.6 Å². The van der Waals surface area contributed by atoms with Crippen molar-refractivity contribution in [2.45, 2.75) is 39.1 Å². The normalized spacial score (nSPS) is 12.0. The first kappa shape index (κ1) is 26.0. The minimum Gasteiger partial charge on any atom is -0.354 e. The van der Waals surface area contributed by atoms with Gasteiger partial charge in [0.05, 0.1) is 5.75 Å². The molecule has 0 saturated heterocycles. The third kappa shape index (κ3) is 8.68. The van der Waals surface area contributed by atoms with Gasteiger partial charge in [-0.2, -0.15) is 0 Å². The van der Waals surface area contributed by atoms with Crippen molar-refractivity contribution in [3.05, 3.63) is 68.1 Å². The number of carbonyl (C=O) groups excluding carboxylic acids is 2. The molecule has 0 aliphatic heterocycles. The molecular formula is C23H27BrCl2N2O2S. The van der Waals surface area contributed by atoms with Gasteiger partial charge in [-0.25, -0.2) is 0 Å². The zero-order chi connectivity index (χ0) is 23.0. The summed E-state index contributed by atoms with van der Waals surface area (Å²) in [5.41, 5.74) is 1.89. The van der Waals surface area contributed by atoms with E-state index >= 15 is 0 Å². The predicted molar refractivity (Wildman–Crippen MR) is 135 cm³/mol. The number of amides is 2. The van der Waals surface area contributed by atoms with Crippen LogP contribution < -0.4 is 5.32 Å². The Morgan fingerprint density at radius 3 is 2.39 bits per heavy atom. The van der Waals surface area contributed by atoms with Gasteiger partial charge in [-0.15, -0.1) is 11.8 Å². The van der Waals surface area contributed by atoms with Crippen LogP contribution >= 0.6 is 50.9 Å². The number of thioether (sulfide) groups is 1. The summed E-state index contributed by atoms with van der Waals surface area (Å²) in [6.45, 7) is 6.79. The molecule has 1 N–H and O–H groups in total. The molecule has 0 aromatic heterocycles. The second-order valence-corrected chi connectivity index (χ2v) is 10.4. The van der Waals surface area contributed by atoms with E-state index < -0.39 is 6.04 Å². The minimum absolute atomic E-state index is 0.0924. The standard InChI is InChI=1S/C23H27BrCl2N2O2S/c1-15(2)11-27-23(30)16(3)28(12-17-4-7-19(24)8-5-17)22(29)14-31-13-18-6-9-20(25)10-21(18)26/h4-10,15-16H,11-14H2,1-3H3,(H,27,30)/t16-/m1/s1. The Labute approximate surface area is 207 Å². The number of benzene rings is 2. The van der Waals surface area contributed by atoms with Crippen LogP contribution in [0.3, 0.4) is 0 Å². The molecular weight excluding hydrogens is 519 g/mol. The molecule has 2 aromatic carbocycles. The molecule has 0 saturated carbocycles. The molecule has 8 heteroatoms. The van der Waals surface area contributed by atoms with Gasteiger partial charge >= 0.3 is 0 Å².